The second kappa shape index (κ2) is 5.82. The Morgan fingerprint density at radius 1 is 1.11 bits per heavy atom. The van der Waals surface area contributed by atoms with Crippen molar-refractivity contribution in [2.45, 2.75) is 0 Å². The normalized spacial score (nSPS) is 10.6. The average Bonchev–Trinajstić information content (AvgIpc) is 2.46. The maximum atomic E-state index is 5.13. The fourth-order valence-electron chi connectivity index (χ4n) is 1.43. The summed E-state index contributed by atoms with van der Waals surface area (Å²) in [5.74, 6) is 1.38. The van der Waals surface area contributed by atoms with Crippen molar-refractivity contribution in [1.82, 2.24) is 4.98 Å². The number of nitrogens with zero attached hydrogens (tertiary/aromatic N) is 2. The Morgan fingerprint density at radius 3 is 2.67 bits per heavy atom. The van der Waals surface area contributed by atoms with E-state index in [1.54, 1.807) is 32.7 Å². The molecule has 92 valence electrons. The van der Waals surface area contributed by atoms with Crippen LogP contribution in [0.2, 0.25) is 0 Å². The molecule has 0 radical (unpaired) electrons. The Morgan fingerprint density at radius 2 is 2.00 bits per heavy atom. The quantitative estimate of drug-likeness (QED) is 0.774. The van der Waals surface area contributed by atoms with Crippen LogP contribution in [0, 0.1) is 0 Å². The van der Waals surface area contributed by atoms with Crippen LogP contribution in [0.1, 0.15) is 5.56 Å². The van der Waals surface area contributed by atoms with Crippen LogP contribution >= 0.6 is 0 Å². The van der Waals surface area contributed by atoms with Crippen molar-refractivity contribution in [2.75, 3.05) is 14.2 Å². The third-order valence-corrected chi connectivity index (χ3v) is 2.38. The summed E-state index contributed by atoms with van der Waals surface area (Å²) in [6, 6.07) is 11.3. The molecule has 4 heteroatoms. The second-order valence-electron chi connectivity index (χ2n) is 3.59. The molecule has 0 aliphatic rings. The van der Waals surface area contributed by atoms with E-state index in [1.807, 2.05) is 30.3 Å². The number of methoxy groups -OCH3 is 2. The topological polar surface area (TPSA) is 43.7 Å². The van der Waals surface area contributed by atoms with Crippen molar-refractivity contribution >= 4 is 11.9 Å². The summed E-state index contributed by atoms with van der Waals surface area (Å²) in [4.78, 5) is 8.46. The SMILES string of the molecule is COc1cccc(/N=C\c2ccc(OC)nc2)c1. The van der Waals surface area contributed by atoms with E-state index >= 15 is 0 Å². The Kier molecular flexibility index (Phi) is 3.91. The minimum Gasteiger partial charge on any atom is -0.497 e. The summed E-state index contributed by atoms with van der Waals surface area (Å²) in [5, 5.41) is 0. The zero-order valence-electron chi connectivity index (χ0n) is 10.3. The van der Waals surface area contributed by atoms with Gasteiger partial charge in [-0.05, 0) is 18.2 Å². The van der Waals surface area contributed by atoms with Gasteiger partial charge in [0.05, 0.1) is 19.9 Å². The van der Waals surface area contributed by atoms with Gasteiger partial charge in [0, 0.05) is 30.1 Å². The first kappa shape index (κ1) is 12.1. The van der Waals surface area contributed by atoms with Gasteiger partial charge in [0.25, 0.3) is 0 Å². The summed E-state index contributed by atoms with van der Waals surface area (Å²) in [5.41, 5.74) is 1.75. The molecule has 1 aromatic heterocycles. The number of benzene rings is 1. The van der Waals surface area contributed by atoms with E-state index in [0.717, 1.165) is 17.0 Å². The molecule has 0 saturated heterocycles. The van der Waals surface area contributed by atoms with Crippen LogP contribution < -0.4 is 9.47 Å². The number of aliphatic imine (C=N–C) groups is 1. The second-order valence-corrected chi connectivity index (χ2v) is 3.59. The molecule has 0 atom stereocenters. The molecular weight excluding hydrogens is 228 g/mol. The monoisotopic (exact) mass is 242 g/mol. The Labute approximate surface area is 106 Å². The number of hydrogen-bond donors (Lipinski definition) is 0. The van der Waals surface area contributed by atoms with Crippen LogP contribution in [0.4, 0.5) is 5.69 Å². The molecule has 0 N–H and O–H groups in total. The molecule has 2 rings (SSSR count). The van der Waals surface area contributed by atoms with Crippen molar-refractivity contribution in [3.05, 3.63) is 48.2 Å². The summed E-state index contributed by atoms with van der Waals surface area (Å²) >= 11 is 0. The standard InChI is InChI=1S/C14H14N2O2/c1-17-13-5-3-4-12(8-13)15-9-11-6-7-14(18-2)16-10-11/h3-10H,1-2H3/b15-9-. The molecule has 0 bridgehead atoms. The Balaban J connectivity index is 2.13. The largest absolute Gasteiger partial charge is 0.497 e. The minimum absolute atomic E-state index is 0.591. The number of ether oxygens (including phenoxy) is 2. The molecule has 0 fully saturated rings. The molecule has 0 aliphatic carbocycles. The van der Waals surface area contributed by atoms with Crippen LogP contribution in [0.5, 0.6) is 11.6 Å². The maximum Gasteiger partial charge on any atom is 0.212 e. The van der Waals surface area contributed by atoms with Gasteiger partial charge in [-0.15, -0.1) is 0 Å². The molecule has 0 spiro atoms. The molecule has 18 heavy (non-hydrogen) atoms. The van der Waals surface area contributed by atoms with E-state index in [2.05, 4.69) is 9.98 Å². The maximum absolute atomic E-state index is 5.13. The van der Waals surface area contributed by atoms with Gasteiger partial charge in [0.2, 0.25) is 5.88 Å². The van der Waals surface area contributed by atoms with Crippen LogP contribution in [-0.2, 0) is 0 Å². The van der Waals surface area contributed by atoms with Gasteiger partial charge in [0.15, 0.2) is 0 Å². The lowest BCUT2D eigenvalue weighted by atomic mass is 10.3. The van der Waals surface area contributed by atoms with Crippen molar-refractivity contribution in [1.29, 1.82) is 0 Å². The Bertz CT molecular complexity index is 536. The van der Waals surface area contributed by atoms with Gasteiger partial charge in [-0.2, -0.15) is 0 Å². The number of aromatic nitrogens is 1. The lowest BCUT2D eigenvalue weighted by molar-refractivity contribution is 0.398. The summed E-state index contributed by atoms with van der Waals surface area (Å²) in [6.07, 6.45) is 3.46. The summed E-state index contributed by atoms with van der Waals surface area (Å²) in [7, 11) is 3.22. The number of rotatable bonds is 4. The van der Waals surface area contributed by atoms with Gasteiger partial charge >= 0.3 is 0 Å². The first-order valence-electron chi connectivity index (χ1n) is 5.50. The van der Waals surface area contributed by atoms with Crippen LogP contribution in [0.3, 0.4) is 0 Å². The molecule has 0 unspecified atom stereocenters. The molecule has 4 nitrogen and oxygen atoms in total. The predicted octanol–water partition coefficient (Wildman–Crippen LogP) is 2.85. The molecular formula is C14H14N2O2. The van der Waals surface area contributed by atoms with Gasteiger partial charge in [-0.1, -0.05) is 6.07 Å². The fourth-order valence-corrected chi connectivity index (χ4v) is 1.43. The third-order valence-electron chi connectivity index (χ3n) is 2.38. The van der Waals surface area contributed by atoms with E-state index in [9.17, 15) is 0 Å². The lowest BCUT2D eigenvalue weighted by Crippen LogP contribution is -1.88. The van der Waals surface area contributed by atoms with Crippen LogP contribution in [-0.4, -0.2) is 25.4 Å². The van der Waals surface area contributed by atoms with E-state index < -0.39 is 0 Å². The van der Waals surface area contributed by atoms with E-state index in [0.29, 0.717) is 5.88 Å². The van der Waals surface area contributed by atoms with E-state index in [1.165, 1.54) is 0 Å². The van der Waals surface area contributed by atoms with Crippen LogP contribution in [0.25, 0.3) is 0 Å². The molecule has 0 saturated carbocycles. The van der Waals surface area contributed by atoms with Crippen LogP contribution in [0.15, 0.2) is 47.6 Å². The zero-order chi connectivity index (χ0) is 12.8. The van der Waals surface area contributed by atoms with E-state index in [-0.39, 0.29) is 0 Å². The van der Waals surface area contributed by atoms with Gasteiger partial charge < -0.3 is 9.47 Å². The first-order chi connectivity index (χ1) is 8.81. The average molecular weight is 242 g/mol. The van der Waals surface area contributed by atoms with Crippen molar-refractivity contribution < 1.29 is 9.47 Å². The smallest absolute Gasteiger partial charge is 0.212 e. The third kappa shape index (κ3) is 3.07. The molecule has 1 aromatic carbocycles. The van der Waals surface area contributed by atoms with Gasteiger partial charge in [-0.3, -0.25) is 4.99 Å². The predicted molar refractivity (Wildman–Crippen MR) is 71.0 cm³/mol. The Hall–Kier alpha value is -2.36. The molecule has 0 aliphatic heterocycles. The lowest BCUT2D eigenvalue weighted by Gasteiger charge is -2.00. The van der Waals surface area contributed by atoms with Crippen molar-refractivity contribution in [3.63, 3.8) is 0 Å². The zero-order valence-corrected chi connectivity index (χ0v) is 10.3. The number of hydrogen-bond acceptors (Lipinski definition) is 4. The van der Waals surface area contributed by atoms with Gasteiger partial charge in [-0.25, -0.2) is 4.98 Å². The van der Waals surface area contributed by atoms with E-state index in [4.69, 9.17) is 9.47 Å². The minimum atomic E-state index is 0.591. The fraction of sp³-hybridized carbons (Fsp3) is 0.143. The van der Waals surface area contributed by atoms with Crippen molar-refractivity contribution in [3.8, 4) is 11.6 Å². The molecule has 0 amide bonds. The number of pyridine rings is 1. The highest BCUT2D eigenvalue weighted by atomic mass is 16.5. The summed E-state index contributed by atoms with van der Waals surface area (Å²) in [6.45, 7) is 0. The summed E-state index contributed by atoms with van der Waals surface area (Å²) < 4.78 is 10.1. The van der Waals surface area contributed by atoms with Gasteiger partial charge in [0.1, 0.15) is 5.75 Å². The highest BCUT2D eigenvalue weighted by Gasteiger charge is 1.94. The first-order valence-corrected chi connectivity index (χ1v) is 5.50. The highest BCUT2D eigenvalue weighted by Crippen LogP contribution is 2.19. The molecule has 1 heterocycles. The highest BCUT2D eigenvalue weighted by molar-refractivity contribution is 5.81. The molecule has 2 aromatic rings. The van der Waals surface area contributed by atoms with Crippen molar-refractivity contribution in [2.24, 2.45) is 4.99 Å².